The minimum atomic E-state index is -4.61. The van der Waals surface area contributed by atoms with Crippen LogP contribution in [0.3, 0.4) is 0 Å². The molecule has 138 valence electrons. The number of rotatable bonds is 11. The summed E-state index contributed by atoms with van der Waals surface area (Å²) in [7, 11) is -7.21. The van der Waals surface area contributed by atoms with Crippen molar-refractivity contribution in [3.63, 3.8) is 0 Å². The van der Waals surface area contributed by atoms with E-state index in [9.17, 15) is 4.79 Å². The first-order chi connectivity index (χ1) is 10.6. The van der Waals surface area contributed by atoms with Gasteiger partial charge in [-0.25, -0.2) is 4.79 Å². The Morgan fingerprint density at radius 1 is 1.00 bits per heavy atom. The van der Waals surface area contributed by atoms with Gasteiger partial charge in [0.05, 0.1) is 6.61 Å². The molecule has 0 radical (unpaired) electrons. The maximum absolute atomic E-state index is 10.9. The van der Waals surface area contributed by atoms with Gasteiger partial charge in [0.15, 0.2) is 0 Å². The minimum Gasteiger partial charge on any atom is -0.463 e. The average Bonchev–Trinajstić information content (AvgIpc) is 2.42. The Kier molecular flexibility index (Phi) is 14.7. The molecule has 0 aromatic heterocycles. The zero-order valence-corrected chi connectivity index (χ0v) is 15.9. The molecular weight excluding hydrogens is 344 g/mol. The van der Waals surface area contributed by atoms with Crippen molar-refractivity contribution in [1.82, 2.24) is 0 Å². The van der Waals surface area contributed by atoms with Gasteiger partial charge in [0.25, 0.3) is 0 Å². The van der Waals surface area contributed by atoms with Gasteiger partial charge in [-0.05, 0) is 27.2 Å². The van der Waals surface area contributed by atoms with E-state index < -0.39 is 23.8 Å². The summed E-state index contributed by atoms with van der Waals surface area (Å²) in [4.78, 5) is 40.2. The molecule has 0 saturated heterocycles. The highest BCUT2D eigenvalue weighted by molar-refractivity contribution is 6.60. The Bertz CT molecular complexity index is 297. The molecule has 0 aromatic carbocycles. The summed E-state index contributed by atoms with van der Waals surface area (Å²) in [6.45, 7) is 11.1. The van der Waals surface area contributed by atoms with Gasteiger partial charge >= 0.3 is 23.8 Å². The average molecular weight is 373 g/mol. The van der Waals surface area contributed by atoms with Crippen molar-refractivity contribution in [1.29, 1.82) is 0 Å². The van der Waals surface area contributed by atoms with Crippen molar-refractivity contribution in [3.8, 4) is 0 Å². The standard InChI is InChI=1S/C12H24O5Si.H4O4Si/c1-5-12(13)14-10-9-11-18(15-6-2,16-7-3)17-8-4;1-5(2,3)4/h5H,1,6-11H2,2-4H3;1-4H. The predicted molar refractivity (Wildman–Crippen MR) is 85.8 cm³/mol. The molecule has 0 fully saturated rings. The topological polar surface area (TPSA) is 135 Å². The number of carbonyl (C=O) groups is 1. The summed E-state index contributed by atoms with van der Waals surface area (Å²) in [5.74, 6) is -0.411. The van der Waals surface area contributed by atoms with Crippen LogP contribution in [0.25, 0.3) is 0 Å². The fourth-order valence-corrected chi connectivity index (χ4v) is 4.10. The third-order valence-corrected chi connectivity index (χ3v) is 5.28. The molecule has 0 aliphatic rings. The van der Waals surface area contributed by atoms with Crippen LogP contribution in [0.2, 0.25) is 6.04 Å². The Balaban J connectivity index is 0. The van der Waals surface area contributed by atoms with Gasteiger partial charge < -0.3 is 37.2 Å². The summed E-state index contributed by atoms with van der Waals surface area (Å²) in [5.41, 5.74) is 0. The molecule has 0 bridgehead atoms. The van der Waals surface area contributed by atoms with Crippen LogP contribution in [0.15, 0.2) is 12.7 Å². The summed E-state index contributed by atoms with van der Waals surface area (Å²) < 4.78 is 22.0. The molecule has 0 saturated carbocycles. The second-order valence-electron chi connectivity index (χ2n) is 4.06. The van der Waals surface area contributed by atoms with E-state index in [0.717, 1.165) is 6.08 Å². The van der Waals surface area contributed by atoms with E-state index in [2.05, 4.69) is 6.58 Å². The molecular formula is C12H28O9Si2. The van der Waals surface area contributed by atoms with Crippen LogP contribution >= 0.6 is 0 Å². The largest absolute Gasteiger partial charge is 0.668 e. The Morgan fingerprint density at radius 3 is 1.70 bits per heavy atom. The van der Waals surface area contributed by atoms with E-state index in [1.54, 1.807) is 0 Å². The zero-order chi connectivity index (χ0) is 18.4. The van der Waals surface area contributed by atoms with Crippen molar-refractivity contribution in [2.24, 2.45) is 0 Å². The molecule has 4 N–H and O–H groups in total. The number of hydrogen-bond donors (Lipinski definition) is 4. The Hall–Kier alpha value is -0.636. The second kappa shape index (κ2) is 13.8. The lowest BCUT2D eigenvalue weighted by molar-refractivity contribution is -0.137. The SMILES string of the molecule is C=CC(=O)OCCC[Si](OCC)(OCC)OCC.O[Si](O)(O)O. The highest BCUT2D eigenvalue weighted by Crippen LogP contribution is 2.18. The molecule has 0 atom stereocenters. The van der Waals surface area contributed by atoms with E-state index in [1.807, 2.05) is 20.8 Å². The van der Waals surface area contributed by atoms with Crippen LogP contribution in [0.4, 0.5) is 0 Å². The second-order valence-corrected chi connectivity index (χ2v) is 7.99. The third-order valence-electron chi connectivity index (χ3n) is 2.13. The first-order valence-electron chi connectivity index (χ1n) is 7.24. The lowest BCUT2D eigenvalue weighted by Crippen LogP contribution is -2.46. The van der Waals surface area contributed by atoms with Crippen molar-refractivity contribution in [2.45, 2.75) is 33.2 Å². The van der Waals surface area contributed by atoms with Crippen LogP contribution in [-0.4, -0.2) is 69.4 Å². The number of esters is 1. The van der Waals surface area contributed by atoms with Crippen molar-refractivity contribution in [2.75, 3.05) is 26.4 Å². The maximum Gasteiger partial charge on any atom is 0.668 e. The minimum absolute atomic E-state index is 0.326. The summed E-state index contributed by atoms with van der Waals surface area (Å²) in [6.07, 6.45) is 1.81. The maximum atomic E-state index is 10.9. The van der Waals surface area contributed by atoms with Gasteiger partial charge in [0.2, 0.25) is 0 Å². The van der Waals surface area contributed by atoms with Crippen molar-refractivity contribution in [3.05, 3.63) is 12.7 Å². The quantitative estimate of drug-likeness (QED) is 0.164. The van der Waals surface area contributed by atoms with Crippen molar-refractivity contribution < 1.29 is 42.0 Å². The van der Waals surface area contributed by atoms with Crippen LogP contribution < -0.4 is 0 Å². The number of ether oxygens (including phenoxy) is 1. The highest BCUT2D eigenvalue weighted by Gasteiger charge is 2.39. The van der Waals surface area contributed by atoms with Gasteiger partial charge in [0.1, 0.15) is 0 Å². The predicted octanol–water partition coefficient (Wildman–Crippen LogP) is -0.455. The molecule has 11 heteroatoms. The van der Waals surface area contributed by atoms with Crippen LogP contribution in [0, 0.1) is 0 Å². The lowest BCUT2D eigenvalue weighted by atomic mass is 10.5. The van der Waals surface area contributed by atoms with Crippen molar-refractivity contribution >= 4 is 23.8 Å². The highest BCUT2D eigenvalue weighted by atomic mass is 28.4. The van der Waals surface area contributed by atoms with Gasteiger partial charge in [-0.2, -0.15) is 0 Å². The molecule has 0 aromatic rings. The summed E-state index contributed by atoms with van der Waals surface area (Å²) in [5, 5.41) is 0. The molecule has 0 aliphatic heterocycles. The van der Waals surface area contributed by atoms with Crippen LogP contribution in [-0.2, 0) is 22.8 Å². The Morgan fingerprint density at radius 2 is 1.39 bits per heavy atom. The molecule has 23 heavy (non-hydrogen) atoms. The number of hydrogen-bond acceptors (Lipinski definition) is 9. The van der Waals surface area contributed by atoms with Gasteiger partial charge in [0, 0.05) is 31.9 Å². The molecule has 0 spiro atoms. The molecule has 9 nitrogen and oxygen atoms in total. The summed E-state index contributed by atoms with van der Waals surface area (Å²) >= 11 is 0. The third kappa shape index (κ3) is 17.6. The molecule has 0 unspecified atom stereocenters. The van der Waals surface area contributed by atoms with E-state index in [-0.39, 0.29) is 0 Å². The normalized spacial score (nSPS) is 11.4. The van der Waals surface area contributed by atoms with E-state index in [0.29, 0.717) is 38.9 Å². The first kappa shape index (κ1) is 24.6. The molecule has 0 heterocycles. The van der Waals surface area contributed by atoms with Gasteiger partial charge in [-0.1, -0.05) is 6.58 Å². The van der Waals surface area contributed by atoms with Crippen LogP contribution in [0.1, 0.15) is 27.2 Å². The van der Waals surface area contributed by atoms with E-state index in [1.165, 1.54) is 0 Å². The van der Waals surface area contributed by atoms with Gasteiger partial charge in [-0.15, -0.1) is 0 Å². The van der Waals surface area contributed by atoms with Crippen LogP contribution in [0.5, 0.6) is 0 Å². The first-order valence-corrected chi connectivity index (χ1v) is 11.0. The lowest BCUT2D eigenvalue weighted by Gasteiger charge is -2.28. The fourth-order valence-electron chi connectivity index (χ4n) is 1.52. The summed E-state index contributed by atoms with van der Waals surface area (Å²) in [6, 6.07) is 0.646. The van der Waals surface area contributed by atoms with E-state index in [4.69, 9.17) is 37.2 Å². The fraction of sp³-hybridized carbons (Fsp3) is 0.750. The van der Waals surface area contributed by atoms with E-state index >= 15 is 0 Å². The van der Waals surface area contributed by atoms with Gasteiger partial charge in [-0.3, -0.25) is 0 Å². The monoisotopic (exact) mass is 372 g/mol. The molecule has 0 rings (SSSR count). The zero-order valence-electron chi connectivity index (χ0n) is 13.9. The number of carbonyl (C=O) groups excluding carboxylic acids is 1. The Labute approximate surface area is 138 Å². The molecule has 0 aliphatic carbocycles. The molecule has 0 amide bonds. The smallest absolute Gasteiger partial charge is 0.463 e.